The van der Waals surface area contributed by atoms with Gasteiger partial charge in [0.1, 0.15) is 0 Å². The molecule has 0 unspecified atom stereocenters. The number of methoxy groups -OCH3 is 1. The number of likely N-dealkylation sites (N-methyl/N-ethyl adjacent to an activating group) is 1. The van der Waals surface area contributed by atoms with Crippen LogP contribution in [-0.2, 0) is 9.53 Å². The minimum absolute atomic E-state index is 0.0868. The lowest BCUT2D eigenvalue weighted by Gasteiger charge is -2.15. The van der Waals surface area contributed by atoms with Gasteiger partial charge in [-0.15, -0.1) is 0 Å². The van der Waals surface area contributed by atoms with Gasteiger partial charge in [-0.25, -0.2) is 4.79 Å². The lowest BCUT2D eigenvalue weighted by molar-refractivity contribution is -0.120. The third-order valence-corrected chi connectivity index (χ3v) is 1.96. The average molecular weight is 247 g/mol. The number of carbonyl (C=O) groups excluding carboxylic acids is 2. The molecule has 7 heteroatoms. The molecule has 0 aliphatic carbocycles. The number of nitrogens with one attached hydrogen (secondary N) is 2. The summed E-state index contributed by atoms with van der Waals surface area (Å²) in [5, 5.41) is 13.3. The summed E-state index contributed by atoms with van der Waals surface area (Å²) in [6, 6.07) is -0.525. The number of aliphatic hydroxyl groups is 1. The maximum atomic E-state index is 11.4. The molecule has 0 rings (SSSR count). The van der Waals surface area contributed by atoms with Crippen molar-refractivity contribution < 1.29 is 19.4 Å². The van der Waals surface area contributed by atoms with Crippen molar-refractivity contribution in [3.8, 4) is 0 Å². The van der Waals surface area contributed by atoms with Crippen LogP contribution in [0.2, 0.25) is 0 Å². The normalized spacial score (nSPS) is 10.4. The summed E-state index contributed by atoms with van der Waals surface area (Å²) in [5.74, 6) is -0.375. The summed E-state index contributed by atoms with van der Waals surface area (Å²) in [6.07, 6.45) is 0.601. The van der Waals surface area contributed by atoms with E-state index in [0.717, 1.165) is 0 Å². The maximum Gasteiger partial charge on any atom is 0.321 e. The summed E-state index contributed by atoms with van der Waals surface area (Å²) in [5.41, 5.74) is 0. The van der Waals surface area contributed by atoms with Crippen LogP contribution < -0.4 is 10.6 Å². The van der Waals surface area contributed by atoms with Crippen LogP contribution in [0.1, 0.15) is 6.42 Å². The maximum absolute atomic E-state index is 11.4. The Morgan fingerprint density at radius 1 is 1.41 bits per heavy atom. The van der Waals surface area contributed by atoms with Gasteiger partial charge in [0, 0.05) is 26.8 Å². The van der Waals surface area contributed by atoms with E-state index in [-0.39, 0.29) is 19.1 Å². The highest BCUT2D eigenvalue weighted by molar-refractivity contribution is 5.95. The number of imide groups is 1. The molecular weight excluding hydrogens is 226 g/mol. The van der Waals surface area contributed by atoms with Crippen LogP contribution in [0, 0.1) is 0 Å². The quantitative estimate of drug-likeness (QED) is 0.467. The smallest absolute Gasteiger partial charge is 0.321 e. The highest BCUT2D eigenvalue weighted by atomic mass is 16.5. The Balaban J connectivity index is 3.66. The van der Waals surface area contributed by atoms with Crippen molar-refractivity contribution in [3.63, 3.8) is 0 Å². The van der Waals surface area contributed by atoms with Gasteiger partial charge in [-0.05, 0) is 13.5 Å². The molecule has 0 aromatic rings. The largest absolute Gasteiger partial charge is 0.396 e. The van der Waals surface area contributed by atoms with E-state index in [9.17, 15) is 9.59 Å². The lowest BCUT2D eigenvalue weighted by Crippen LogP contribution is -2.44. The minimum Gasteiger partial charge on any atom is -0.396 e. The van der Waals surface area contributed by atoms with Gasteiger partial charge in [-0.1, -0.05) is 0 Å². The number of ether oxygens (including phenoxy) is 1. The van der Waals surface area contributed by atoms with Crippen LogP contribution in [0.4, 0.5) is 4.79 Å². The van der Waals surface area contributed by atoms with Crippen LogP contribution in [0.3, 0.4) is 0 Å². The first-order chi connectivity index (χ1) is 8.10. The number of carbonyl (C=O) groups is 2. The van der Waals surface area contributed by atoms with E-state index in [1.165, 1.54) is 7.11 Å². The number of hydrogen-bond donors (Lipinski definition) is 3. The fraction of sp³-hybridized carbons (Fsp3) is 0.800. The van der Waals surface area contributed by atoms with Crippen molar-refractivity contribution in [2.45, 2.75) is 6.42 Å². The number of urea groups is 1. The molecular formula is C10H21N3O4. The molecule has 7 nitrogen and oxygen atoms in total. The van der Waals surface area contributed by atoms with Gasteiger partial charge in [-0.2, -0.15) is 0 Å². The lowest BCUT2D eigenvalue weighted by atomic mass is 10.4. The zero-order valence-corrected chi connectivity index (χ0v) is 10.4. The molecule has 3 N–H and O–H groups in total. The molecule has 17 heavy (non-hydrogen) atoms. The van der Waals surface area contributed by atoms with Crippen molar-refractivity contribution in [3.05, 3.63) is 0 Å². The Labute approximate surface area is 101 Å². The molecule has 0 saturated heterocycles. The summed E-state index contributed by atoms with van der Waals surface area (Å²) in [6.45, 7) is 1.57. The van der Waals surface area contributed by atoms with Gasteiger partial charge in [-0.3, -0.25) is 15.0 Å². The van der Waals surface area contributed by atoms with Crippen LogP contribution in [-0.4, -0.2) is 69.0 Å². The van der Waals surface area contributed by atoms with E-state index in [2.05, 4.69) is 10.6 Å². The monoisotopic (exact) mass is 247 g/mol. The second-order valence-electron chi connectivity index (χ2n) is 3.61. The molecule has 0 aliphatic rings. The third-order valence-electron chi connectivity index (χ3n) is 1.96. The molecule has 0 radical (unpaired) electrons. The van der Waals surface area contributed by atoms with Gasteiger partial charge < -0.3 is 15.2 Å². The van der Waals surface area contributed by atoms with E-state index >= 15 is 0 Å². The molecule has 0 aromatic carbocycles. The van der Waals surface area contributed by atoms with E-state index in [1.807, 2.05) is 0 Å². The van der Waals surface area contributed by atoms with Crippen molar-refractivity contribution in [2.24, 2.45) is 0 Å². The Hall–Kier alpha value is -1.18. The number of rotatable bonds is 8. The topological polar surface area (TPSA) is 90.9 Å². The van der Waals surface area contributed by atoms with E-state index < -0.39 is 6.03 Å². The summed E-state index contributed by atoms with van der Waals surface area (Å²) in [4.78, 5) is 24.2. The van der Waals surface area contributed by atoms with E-state index in [4.69, 9.17) is 9.84 Å². The third kappa shape index (κ3) is 9.73. The Morgan fingerprint density at radius 2 is 2.12 bits per heavy atom. The van der Waals surface area contributed by atoms with Gasteiger partial charge in [0.05, 0.1) is 13.2 Å². The van der Waals surface area contributed by atoms with Crippen LogP contribution in [0.25, 0.3) is 0 Å². The van der Waals surface area contributed by atoms with Gasteiger partial charge in [0.15, 0.2) is 0 Å². The zero-order chi connectivity index (χ0) is 13.1. The predicted molar refractivity (Wildman–Crippen MR) is 62.6 cm³/mol. The first-order valence-electron chi connectivity index (χ1n) is 5.46. The van der Waals surface area contributed by atoms with Crippen molar-refractivity contribution >= 4 is 11.9 Å². The molecule has 0 spiro atoms. The van der Waals surface area contributed by atoms with Crippen LogP contribution in [0.5, 0.6) is 0 Å². The van der Waals surface area contributed by atoms with Gasteiger partial charge in [0.2, 0.25) is 5.91 Å². The molecule has 0 heterocycles. The SMILES string of the molecule is COCCNC(=O)NC(=O)CN(C)CCCO. The number of aliphatic hydroxyl groups excluding tert-OH is 1. The van der Waals surface area contributed by atoms with E-state index in [0.29, 0.717) is 26.1 Å². The molecule has 100 valence electrons. The Kier molecular flexibility index (Phi) is 9.31. The fourth-order valence-electron chi connectivity index (χ4n) is 1.14. The molecule has 0 aromatic heterocycles. The number of nitrogens with zero attached hydrogens (tertiary/aromatic N) is 1. The van der Waals surface area contributed by atoms with Gasteiger partial charge >= 0.3 is 6.03 Å². The predicted octanol–water partition coefficient (Wildman–Crippen LogP) is -1.23. The first kappa shape index (κ1) is 15.8. The first-order valence-corrected chi connectivity index (χ1v) is 5.46. The fourth-order valence-corrected chi connectivity index (χ4v) is 1.14. The Bertz CT molecular complexity index is 236. The molecule has 0 atom stereocenters. The number of hydrogen-bond acceptors (Lipinski definition) is 5. The molecule has 0 bridgehead atoms. The second kappa shape index (κ2) is 10.0. The summed E-state index contributed by atoms with van der Waals surface area (Å²) < 4.78 is 4.75. The summed E-state index contributed by atoms with van der Waals surface area (Å²) >= 11 is 0. The van der Waals surface area contributed by atoms with Gasteiger partial charge in [0.25, 0.3) is 0 Å². The summed E-state index contributed by atoms with van der Waals surface area (Å²) in [7, 11) is 3.28. The Morgan fingerprint density at radius 3 is 2.71 bits per heavy atom. The molecule has 0 aliphatic heterocycles. The van der Waals surface area contributed by atoms with Crippen molar-refractivity contribution in [1.29, 1.82) is 0 Å². The van der Waals surface area contributed by atoms with Crippen molar-refractivity contribution in [1.82, 2.24) is 15.5 Å². The second-order valence-corrected chi connectivity index (χ2v) is 3.61. The molecule has 0 fully saturated rings. The zero-order valence-electron chi connectivity index (χ0n) is 10.4. The highest BCUT2D eigenvalue weighted by Crippen LogP contribution is 1.85. The molecule has 0 saturated carbocycles. The molecule has 3 amide bonds. The number of amides is 3. The van der Waals surface area contributed by atoms with Crippen LogP contribution in [0.15, 0.2) is 0 Å². The van der Waals surface area contributed by atoms with E-state index in [1.54, 1.807) is 11.9 Å². The standard InChI is InChI=1S/C10H21N3O4/c1-13(5-3-6-14)8-9(15)12-10(16)11-4-7-17-2/h14H,3-8H2,1-2H3,(H2,11,12,15,16). The van der Waals surface area contributed by atoms with Crippen molar-refractivity contribution in [2.75, 3.05) is 47.0 Å². The minimum atomic E-state index is -0.525. The average Bonchev–Trinajstić information content (AvgIpc) is 2.26. The van der Waals surface area contributed by atoms with Crippen LogP contribution >= 0.6 is 0 Å². The highest BCUT2D eigenvalue weighted by Gasteiger charge is 2.09.